The Morgan fingerprint density at radius 3 is 2.76 bits per heavy atom. The molecule has 0 aliphatic carbocycles. The molecule has 0 aromatic heterocycles. The quantitative estimate of drug-likeness (QED) is 0.848. The fraction of sp³-hybridized carbons (Fsp3) is 0.417. The summed E-state index contributed by atoms with van der Waals surface area (Å²) in [6.45, 7) is 4.06. The van der Waals surface area contributed by atoms with Crippen LogP contribution in [0.3, 0.4) is 0 Å². The zero-order chi connectivity index (χ0) is 12.9. The van der Waals surface area contributed by atoms with E-state index in [9.17, 15) is 9.18 Å². The minimum absolute atomic E-state index is 0.390. The van der Waals surface area contributed by atoms with Crippen LogP contribution in [0.1, 0.15) is 13.8 Å². The van der Waals surface area contributed by atoms with Crippen molar-refractivity contribution in [2.24, 2.45) is 0 Å². The molecule has 0 aliphatic heterocycles. The van der Waals surface area contributed by atoms with Gasteiger partial charge < -0.3 is 15.4 Å². The first-order valence-electron chi connectivity index (χ1n) is 5.26. The van der Waals surface area contributed by atoms with Crippen LogP contribution in [-0.4, -0.2) is 25.3 Å². The number of halogens is 1. The van der Waals surface area contributed by atoms with E-state index in [1.165, 1.54) is 18.2 Å². The van der Waals surface area contributed by atoms with Crippen molar-refractivity contribution in [3.63, 3.8) is 0 Å². The molecule has 1 aromatic carbocycles. The lowest BCUT2D eigenvalue weighted by atomic mass is 10.1. The van der Waals surface area contributed by atoms with Crippen LogP contribution in [0, 0.1) is 5.82 Å². The molecule has 0 fully saturated rings. The third-order valence-corrected chi connectivity index (χ3v) is 2.04. The summed E-state index contributed by atoms with van der Waals surface area (Å²) in [7, 11) is 1.56. The molecular formula is C12H17FN2O2. The molecule has 4 nitrogen and oxygen atoms in total. The lowest BCUT2D eigenvalue weighted by Crippen LogP contribution is -2.48. The number of carbonyl (C=O) groups excluding carboxylic acids is 1. The molecule has 94 valence electrons. The Labute approximate surface area is 100 Å². The highest BCUT2D eigenvalue weighted by atomic mass is 19.1. The second kappa shape index (κ2) is 5.63. The molecule has 0 heterocycles. The molecule has 17 heavy (non-hydrogen) atoms. The Balaban J connectivity index is 2.55. The minimum Gasteiger partial charge on any atom is -0.382 e. The molecule has 0 saturated heterocycles. The predicted molar refractivity (Wildman–Crippen MR) is 64.5 cm³/mol. The van der Waals surface area contributed by atoms with Crippen molar-refractivity contribution >= 4 is 11.7 Å². The van der Waals surface area contributed by atoms with Gasteiger partial charge in [0.1, 0.15) is 5.82 Å². The summed E-state index contributed by atoms with van der Waals surface area (Å²) in [5.41, 5.74) is -0.0673. The second-order valence-corrected chi connectivity index (χ2v) is 4.41. The molecule has 2 N–H and O–H groups in total. The molecule has 0 unspecified atom stereocenters. The third-order valence-electron chi connectivity index (χ3n) is 2.04. The lowest BCUT2D eigenvalue weighted by molar-refractivity contribution is 0.133. The van der Waals surface area contributed by atoms with Crippen molar-refractivity contribution in [1.82, 2.24) is 5.32 Å². The monoisotopic (exact) mass is 240 g/mol. The van der Waals surface area contributed by atoms with Gasteiger partial charge in [-0.25, -0.2) is 9.18 Å². The van der Waals surface area contributed by atoms with Crippen molar-refractivity contribution in [1.29, 1.82) is 0 Å². The van der Waals surface area contributed by atoms with Crippen LogP contribution in [0.5, 0.6) is 0 Å². The maximum atomic E-state index is 12.9. The fourth-order valence-electron chi connectivity index (χ4n) is 1.43. The standard InChI is InChI=1S/C12H17FN2O2/c1-12(2,8-17-3)15-11(16)14-10-6-4-5-9(13)7-10/h4-7H,8H2,1-3H3,(H2,14,15,16). The Morgan fingerprint density at radius 2 is 2.18 bits per heavy atom. The van der Waals surface area contributed by atoms with Gasteiger partial charge >= 0.3 is 6.03 Å². The van der Waals surface area contributed by atoms with Crippen LogP contribution in [0.25, 0.3) is 0 Å². The summed E-state index contributed by atoms with van der Waals surface area (Å²) in [5.74, 6) is -0.390. The van der Waals surface area contributed by atoms with Gasteiger partial charge in [0.2, 0.25) is 0 Å². The number of rotatable bonds is 4. The summed E-state index contributed by atoms with van der Waals surface area (Å²) in [5, 5.41) is 5.28. The average molecular weight is 240 g/mol. The van der Waals surface area contributed by atoms with Gasteiger partial charge in [0.25, 0.3) is 0 Å². The van der Waals surface area contributed by atoms with Gasteiger partial charge in [-0.05, 0) is 32.0 Å². The molecule has 0 saturated carbocycles. The summed E-state index contributed by atoms with van der Waals surface area (Å²) >= 11 is 0. The zero-order valence-electron chi connectivity index (χ0n) is 10.2. The summed E-state index contributed by atoms with van der Waals surface area (Å²) < 4.78 is 17.9. The van der Waals surface area contributed by atoms with Crippen LogP contribution in [-0.2, 0) is 4.74 Å². The van der Waals surface area contributed by atoms with Gasteiger partial charge in [-0.3, -0.25) is 0 Å². The van der Waals surface area contributed by atoms with E-state index in [-0.39, 0.29) is 5.82 Å². The Morgan fingerprint density at radius 1 is 1.47 bits per heavy atom. The van der Waals surface area contributed by atoms with Gasteiger partial charge in [0, 0.05) is 12.8 Å². The van der Waals surface area contributed by atoms with E-state index in [1.54, 1.807) is 13.2 Å². The van der Waals surface area contributed by atoms with E-state index in [4.69, 9.17) is 4.74 Å². The van der Waals surface area contributed by atoms with Crippen LogP contribution >= 0.6 is 0 Å². The van der Waals surface area contributed by atoms with E-state index in [0.717, 1.165) is 0 Å². The number of urea groups is 1. The number of benzene rings is 1. The Hall–Kier alpha value is -1.62. The molecular weight excluding hydrogens is 223 g/mol. The van der Waals surface area contributed by atoms with Crippen molar-refractivity contribution in [3.05, 3.63) is 30.1 Å². The molecule has 0 aliphatic rings. The summed E-state index contributed by atoms with van der Waals surface area (Å²) in [6.07, 6.45) is 0. The molecule has 1 aromatic rings. The van der Waals surface area contributed by atoms with Crippen LogP contribution < -0.4 is 10.6 Å². The number of carbonyl (C=O) groups is 1. The molecule has 2 amide bonds. The van der Waals surface area contributed by atoms with Crippen molar-refractivity contribution in [2.45, 2.75) is 19.4 Å². The molecule has 1 rings (SSSR count). The van der Waals surface area contributed by atoms with Gasteiger partial charge in [-0.15, -0.1) is 0 Å². The van der Waals surface area contributed by atoms with E-state index >= 15 is 0 Å². The fourth-order valence-corrected chi connectivity index (χ4v) is 1.43. The van der Waals surface area contributed by atoms with E-state index < -0.39 is 11.6 Å². The average Bonchev–Trinajstić information content (AvgIpc) is 2.15. The number of ether oxygens (including phenoxy) is 1. The van der Waals surface area contributed by atoms with E-state index in [2.05, 4.69) is 10.6 Å². The smallest absolute Gasteiger partial charge is 0.319 e. The maximum absolute atomic E-state index is 12.9. The minimum atomic E-state index is -0.480. The summed E-state index contributed by atoms with van der Waals surface area (Å²) in [6, 6.07) is 5.33. The van der Waals surface area contributed by atoms with Crippen LogP contribution in [0.2, 0.25) is 0 Å². The van der Waals surface area contributed by atoms with E-state index in [0.29, 0.717) is 12.3 Å². The number of anilines is 1. The largest absolute Gasteiger partial charge is 0.382 e. The molecule has 0 spiro atoms. The lowest BCUT2D eigenvalue weighted by Gasteiger charge is -2.25. The number of hydrogen-bond acceptors (Lipinski definition) is 2. The highest BCUT2D eigenvalue weighted by Crippen LogP contribution is 2.09. The van der Waals surface area contributed by atoms with Crippen molar-refractivity contribution in [2.75, 3.05) is 19.0 Å². The third kappa shape index (κ3) is 4.82. The number of amides is 2. The van der Waals surface area contributed by atoms with Crippen molar-refractivity contribution in [3.8, 4) is 0 Å². The molecule has 0 atom stereocenters. The Bertz CT molecular complexity index is 394. The molecule has 5 heteroatoms. The van der Waals surface area contributed by atoms with Crippen LogP contribution in [0.4, 0.5) is 14.9 Å². The van der Waals surface area contributed by atoms with Gasteiger partial charge in [-0.1, -0.05) is 6.07 Å². The van der Waals surface area contributed by atoms with Crippen LogP contribution in [0.15, 0.2) is 24.3 Å². The highest BCUT2D eigenvalue weighted by Gasteiger charge is 2.20. The van der Waals surface area contributed by atoms with Crippen molar-refractivity contribution < 1.29 is 13.9 Å². The summed E-state index contributed by atoms with van der Waals surface area (Å²) in [4.78, 5) is 11.6. The molecule has 0 bridgehead atoms. The van der Waals surface area contributed by atoms with Gasteiger partial charge in [0.05, 0.1) is 12.1 Å². The topological polar surface area (TPSA) is 50.4 Å². The second-order valence-electron chi connectivity index (χ2n) is 4.41. The first kappa shape index (κ1) is 13.4. The SMILES string of the molecule is COCC(C)(C)NC(=O)Nc1cccc(F)c1. The highest BCUT2D eigenvalue weighted by molar-refractivity contribution is 5.89. The number of nitrogens with one attached hydrogen (secondary N) is 2. The maximum Gasteiger partial charge on any atom is 0.319 e. The first-order valence-corrected chi connectivity index (χ1v) is 5.26. The van der Waals surface area contributed by atoms with Gasteiger partial charge in [-0.2, -0.15) is 0 Å². The zero-order valence-corrected chi connectivity index (χ0v) is 10.2. The molecule has 0 radical (unpaired) electrons. The predicted octanol–water partition coefficient (Wildman–Crippen LogP) is 2.37. The van der Waals surface area contributed by atoms with Gasteiger partial charge in [0.15, 0.2) is 0 Å². The van der Waals surface area contributed by atoms with E-state index in [1.807, 2.05) is 13.8 Å². The number of methoxy groups -OCH3 is 1. The normalized spacial score (nSPS) is 11.1. The first-order chi connectivity index (χ1) is 7.93. The number of hydrogen-bond donors (Lipinski definition) is 2. The Kier molecular flexibility index (Phi) is 4.45.